The number of fused-ring (bicyclic) bond motifs is 1. The Balaban J connectivity index is 1.57. The Bertz CT molecular complexity index is 1070. The van der Waals surface area contributed by atoms with E-state index < -0.39 is 0 Å². The lowest BCUT2D eigenvalue weighted by molar-refractivity contribution is 0.236. The molecule has 0 atom stereocenters. The lowest BCUT2D eigenvalue weighted by atomic mass is 10.2. The highest BCUT2D eigenvalue weighted by Gasteiger charge is 2.13. The number of halogens is 1. The molecule has 26 heavy (non-hydrogen) atoms. The Labute approximate surface area is 152 Å². The number of para-hydroxylation sites is 1. The van der Waals surface area contributed by atoms with E-state index in [0.717, 1.165) is 10.9 Å². The van der Waals surface area contributed by atoms with Gasteiger partial charge in [-0.25, -0.2) is 9.37 Å². The molecule has 0 spiro atoms. The molecular formula is C18H13FN4O2S. The third kappa shape index (κ3) is 3.36. The number of aromatic nitrogens is 4. The number of hydrogen-bond donors (Lipinski definition) is 0. The predicted molar refractivity (Wildman–Crippen MR) is 95.3 cm³/mol. The lowest BCUT2D eigenvalue weighted by Gasteiger charge is -2.07. The van der Waals surface area contributed by atoms with Crippen molar-refractivity contribution in [1.29, 1.82) is 0 Å². The van der Waals surface area contributed by atoms with E-state index in [9.17, 15) is 4.39 Å². The molecule has 0 fully saturated rings. The number of benzene rings is 2. The van der Waals surface area contributed by atoms with Gasteiger partial charge in [-0.15, -0.1) is 0 Å². The minimum absolute atomic E-state index is 0.0527. The molecule has 8 heteroatoms. The molecule has 4 rings (SSSR count). The first-order chi connectivity index (χ1) is 12.7. The van der Waals surface area contributed by atoms with Gasteiger partial charge in [-0.05, 0) is 30.5 Å². The summed E-state index contributed by atoms with van der Waals surface area (Å²) in [4.78, 5) is 13.1. The Hall–Kier alpha value is -3.00. The summed E-state index contributed by atoms with van der Waals surface area (Å²) in [6.45, 7) is 0.0527. The highest BCUT2D eigenvalue weighted by atomic mass is 32.2. The number of thioether (sulfide) groups is 1. The Morgan fingerprint density at radius 1 is 1.08 bits per heavy atom. The molecule has 130 valence electrons. The van der Waals surface area contributed by atoms with Gasteiger partial charge in [-0.1, -0.05) is 41.2 Å². The fourth-order valence-corrected chi connectivity index (χ4v) is 2.78. The lowest BCUT2D eigenvalue weighted by Crippen LogP contribution is -2.00. The topological polar surface area (TPSA) is 73.9 Å². The van der Waals surface area contributed by atoms with Crippen molar-refractivity contribution in [2.75, 3.05) is 6.26 Å². The van der Waals surface area contributed by atoms with Gasteiger partial charge >= 0.3 is 0 Å². The van der Waals surface area contributed by atoms with Crippen LogP contribution < -0.4 is 4.74 Å². The standard InChI is InChI=1S/C18H13FN4O2S/c1-26-18-20-14-8-3-2-7-13(14)17(22-18)24-10-15-21-16(23-25-15)11-5-4-6-12(19)9-11/h2-9H,10H2,1H3. The molecule has 0 aliphatic heterocycles. The number of rotatable bonds is 5. The maximum absolute atomic E-state index is 13.3. The van der Waals surface area contributed by atoms with E-state index in [2.05, 4.69) is 20.1 Å². The van der Waals surface area contributed by atoms with Crippen molar-refractivity contribution in [1.82, 2.24) is 20.1 Å². The van der Waals surface area contributed by atoms with Crippen LogP contribution in [0.5, 0.6) is 5.88 Å². The summed E-state index contributed by atoms with van der Waals surface area (Å²) < 4.78 is 24.3. The molecule has 0 bridgehead atoms. The van der Waals surface area contributed by atoms with E-state index in [0.29, 0.717) is 22.4 Å². The first-order valence-electron chi connectivity index (χ1n) is 7.75. The highest BCUT2D eigenvalue weighted by Crippen LogP contribution is 2.26. The fraction of sp³-hybridized carbons (Fsp3) is 0.111. The summed E-state index contributed by atoms with van der Waals surface area (Å²) in [7, 11) is 0. The normalized spacial score (nSPS) is 11.0. The molecule has 2 heterocycles. The van der Waals surface area contributed by atoms with Crippen molar-refractivity contribution in [3.63, 3.8) is 0 Å². The van der Waals surface area contributed by atoms with Gasteiger partial charge in [0.05, 0.1) is 10.9 Å². The monoisotopic (exact) mass is 368 g/mol. The van der Waals surface area contributed by atoms with Crippen LogP contribution in [-0.4, -0.2) is 26.4 Å². The molecule has 2 aromatic heterocycles. The minimum Gasteiger partial charge on any atom is -0.467 e. The average molecular weight is 368 g/mol. The Kier molecular flexibility index (Phi) is 4.49. The van der Waals surface area contributed by atoms with Crippen molar-refractivity contribution in [2.24, 2.45) is 0 Å². The van der Waals surface area contributed by atoms with Gasteiger partial charge in [0.2, 0.25) is 11.7 Å². The minimum atomic E-state index is -0.359. The molecule has 2 aromatic carbocycles. The molecule has 0 saturated carbocycles. The number of nitrogens with zero attached hydrogens (tertiary/aromatic N) is 4. The molecule has 4 aromatic rings. The van der Waals surface area contributed by atoms with Crippen molar-refractivity contribution < 1.29 is 13.7 Å². The van der Waals surface area contributed by atoms with Crippen LogP contribution in [0.2, 0.25) is 0 Å². The van der Waals surface area contributed by atoms with Gasteiger partial charge in [0, 0.05) is 5.56 Å². The van der Waals surface area contributed by atoms with Crippen molar-refractivity contribution in [3.8, 4) is 17.3 Å². The van der Waals surface area contributed by atoms with Crippen LogP contribution in [0.15, 0.2) is 58.2 Å². The first kappa shape index (κ1) is 16.5. The van der Waals surface area contributed by atoms with E-state index in [4.69, 9.17) is 9.26 Å². The SMILES string of the molecule is CSc1nc(OCc2nc(-c3cccc(F)c3)no2)c2ccccc2n1. The Morgan fingerprint density at radius 2 is 1.96 bits per heavy atom. The van der Waals surface area contributed by atoms with Gasteiger partial charge in [-0.3, -0.25) is 0 Å². The Morgan fingerprint density at radius 3 is 2.81 bits per heavy atom. The fourth-order valence-electron chi connectivity index (χ4n) is 2.42. The zero-order valence-electron chi connectivity index (χ0n) is 13.7. The van der Waals surface area contributed by atoms with Crippen LogP contribution in [0, 0.1) is 5.82 Å². The van der Waals surface area contributed by atoms with Crippen molar-refractivity contribution in [3.05, 3.63) is 60.2 Å². The molecule has 0 aliphatic carbocycles. The zero-order chi connectivity index (χ0) is 17.9. The predicted octanol–water partition coefficient (Wildman–Crippen LogP) is 4.12. The smallest absolute Gasteiger partial charge is 0.264 e. The van der Waals surface area contributed by atoms with Gasteiger partial charge < -0.3 is 9.26 Å². The summed E-state index contributed by atoms with van der Waals surface area (Å²) in [6.07, 6.45) is 1.90. The largest absolute Gasteiger partial charge is 0.467 e. The maximum atomic E-state index is 13.3. The van der Waals surface area contributed by atoms with Crippen molar-refractivity contribution >= 4 is 22.7 Å². The molecule has 6 nitrogen and oxygen atoms in total. The van der Waals surface area contributed by atoms with Crippen LogP contribution in [0.3, 0.4) is 0 Å². The van der Waals surface area contributed by atoms with Gasteiger partial charge in [0.15, 0.2) is 11.8 Å². The molecular weight excluding hydrogens is 355 g/mol. The average Bonchev–Trinajstić information content (AvgIpc) is 3.15. The maximum Gasteiger partial charge on any atom is 0.264 e. The van der Waals surface area contributed by atoms with E-state index in [1.165, 1.54) is 23.9 Å². The van der Waals surface area contributed by atoms with Crippen LogP contribution in [0.25, 0.3) is 22.3 Å². The number of hydrogen-bond acceptors (Lipinski definition) is 7. The zero-order valence-corrected chi connectivity index (χ0v) is 14.5. The van der Waals surface area contributed by atoms with Crippen LogP contribution >= 0.6 is 11.8 Å². The molecule has 0 amide bonds. The third-order valence-corrected chi connectivity index (χ3v) is 4.16. The summed E-state index contributed by atoms with van der Waals surface area (Å²) >= 11 is 1.43. The van der Waals surface area contributed by atoms with Crippen LogP contribution in [0.4, 0.5) is 4.39 Å². The van der Waals surface area contributed by atoms with Gasteiger partial charge in [0.25, 0.3) is 5.89 Å². The van der Waals surface area contributed by atoms with E-state index in [1.807, 2.05) is 30.5 Å². The summed E-state index contributed by atoms with van der Waals surface area (Å²) in [5.41, 5.74) is 1.34. The second-order valence-corrected chi connectivity index (χ2v) is 6.12. The third-order valence-electron chi connectivity index (χ3n) is 3.61. The molecule has 0 radical (unpaired) electrons. The second-order valence-electron chi connectivity index (χ2n) is 5.34. The van der Waals surface area contributed by atoms with Crippen LogP contribution in [-0.2, 0) is 6.61 Å². The van der Waals surface area contributed by atoms with Gasteiger partial charge in [-0.2, -0.15) is 9.97 Å². The summed E-state index contributed by atoms with van der Waals surface area (Å²) in [5, 5.41) is 5.28. The molecule has 0 unspecified atom stereocenters. The van der Waals surface area contributed by atoms with E-state index in [1.54, 1.807) is 12.1 Å². The highest BCUT2D eigenvalue weighted by molar-refractivity contribution is 7.98. The second kappa shape index (κ2) is 7.09. The first-order valence-corrected chi connectivity index (χ1v) is 8.97. The molecule has 0 saturated heterocycles. The molecule has 0 aliphatic rings. The van der Waals surface area contributed by atoms with E-state index >= 15 is 0 Å². The summed E-state index contributed by atoms with van der Waals surface area (Å²) in [6, 6.07) is 13.6. The molecule has 0 N–H and O–H groups in total. The quantitative estimate of drug-likeness (QED) is 0.387. The van der Waals surface area contributed by atoms with Gasteiger partial charge in [0.1, 0.15) is 5.82 Å². The summed E-state index contributed by atoms with van der Waals surface area (Å²) in [5.74, 6) is 0.672. The van der Waals surface area contributed by atoms with Crippen molar-refractivity contribution in [2.45, 2.75) is 11.8 Å². The van der Waals surface area contributed by atoms with Crippen LogP contribution in [0.1, 0.15) is 5.89 Å². The van der Waals surface area contributed by atoms with E-state index in [-0.39, 0.29) is 18.3 Å². The number of ether oxygens (including phenoxy) is 1.